The summed E-state index contributed by atoms with van der Waals surface area (Å²) in [7, 11) is 0. The van der Waals surface area contributed by atoms with Crippen LogP contribution >= 0.6 is 0 Å². The van der Waals surface area contributed by atoms with Crippen LogP contribution in [-0.2, 0) is 14.4 Å². The molecule has 0 aromatic rings. The van der Waals surface area contributed by atoms with Gasteiger partial charge in [-0.1, -0.05) is 13.8 Å². The summed E-state index contributed by atoms with van der Waals surface area (Å²) in [6.45, 7) is 6.38. The Morgan fingerprint density at radius 2 is 2.00 bits per heavy atom. The Bertz CT molecular complexity index is 381. The number of carboxylic acids is 1. The smallest absolute Gasteiger partial charge is 0.326 e. The molecule has 1 fully saturated rings. The Hall–Kier alpha value is -1.59. The molecule has 0 spiro atoms. The number of piperidine rings is 1. The van der Waals surface area contributed by atoms with Crippen LogP contribution in [0.1, 0.15) is 40.0 Å². The van der Waals surface area contributed by atoms with Gasteiger partial charge in [0.2, 0.25) is 11.8 Å². The van der Waals surface area contributed by atoms with Gasteiger partial charge in [-0.3, -0.25) is 9.59 Å². The summed E-state index contributed by atoms with van der Waals surface area (Å²) in [5, 5.41) is 11.7. The van der Waals surface area contributed by atoms with Crippen LogP contribution < -0.4 is 5.32 Å². The van der Waals surface area contributed by atoms with Crippen LogP contribution in [0.5, 0.6) is 0 Å². The number of hydrogen-bond donors (Lipinski definition) is 2. The fourth-order valence-corrected chi connectivity index (χ4v) is 2.46. The predicted molar refractivity (Wildman–Crippen MR) is 74.0 cm³/mol. The molecule has 114 valence electrons. The van der Waals surface area contributed by atoms with Crippen LogP contribution in [0.15, 0.2) is 0 Å². The van der Waals surface area contributed by atoms with E-state index in [1.165, 1.54) is 6.92 Å². The Balaban J connectivity index is 2.59. The molecule has 1 saturated heterocycles. The van der Waals surface area contributed by atoms with E-state index in [2.05, 4.69) is 5.32 Å². The van der Waals surface area contributed by atoms with E-state index in [-0.39, 0.29) is 23.7 Å². The van der Waals surface area contributed by atoms with E-state index in [1.807, 2.05) is 13.8 Å². The zero-order chi connectivity index (χ0) is 15.3. The summed E-state index contributed by atoms with van der Waals surface area (Å²) < 4.78 is 0. The lowest BCUT2D eigenvalue weighted by Crippen LogP contribution is -2.49. The summed E-state index contributed by atoms with van der Waals surface area (Å²) >= 11 is 0. The first kappa shape index (κ1) is 16.5. The Kier molecular flexibility index (Phi) is 5.98. The van der Waals surface area contributed by atoms with E-state index in [0.717, 1.165) is 6.42 Å². The molecule has 0 aromatic carbocycles. The minimum absolute atomic E-state index is 0.0422. The molecular formula is C14H24N2O4. The predicted octanol–water partition coefficient (Wildman–Crippen LogP) is 0.860. The van der Waals surface area contributed by atoms with Crippen LogP contribution in [0.2, 0.25) is 0 Å². The van der Waals surface area contributed by atoms with E-state index in [1.54, 1.807) is 4.90 Å². The van der Waals surface area contributed by atoms with Crippen molar-refractivity contribution < 1.29 is 19.5 Å². The molecule has 0 bridgehead atoms. The van der Waals surface area contributed by atoms with Crippen molar-refractivity contribution in [1.82, 2.24) is 10.2 Å². The third-order valence-corrected chi connectivity index (χ3v) is 3.56. The largest absolute Gasteiger partial charge is 0.480 e. The number of amides is 2. The van der Waals surface area contributed by atoms with Crippen molar-refractivity contribution in [2.75, 3.05) is 13.1 Å². The molecule has 1 unspecified atom stereocenters. The molecule has 1 aliphatic heterocycles. The number of aliphatic carboxylic acids is 1. The standard InChI is InChI=1S/C14H24N2O4/c1-9(2)7-12(14(19)20)15-13(18)11-5-4-6-16(8-11)10(3)17/h9,11-12H,4-8H2,1-3H3,(H,15,18)(H,19,20)/t11?,12-/m1/s1. The van der Waals surface area contributed by atoms with Crippen molar-refractivity contribution in [3.05, 3.63) is 0 Å². The highest BCUT2D eigenvalue weighted by atomic mass is 16.4. The lowest BCUT2D eigenvalue weighted by molar-refractivity contribution is -0.144. The van der Waals surface area contributed by atoms with Crippen LogP contribution in [-0.4, -0.2) is 46.9 Å². The first-order chi connectivity index (χ1) is 9.31. The van der Waals surface area contributed by atoms with Crippen molar-refractivity contribution in [1.29, 1.82) is 0 Å². The Labute approximate surface area is 119 Å². The number of nitrogens with one attached hydrogen (secondary N) is 1. The molecule has 6 nitrogen and oxygen atoms in total. The molecule has 1 aliphatic rings. The highest BCUT2D eigenvalue weighted by Crippen LogP contribution is 2.17. The molecule has 6 heteroatoms. The number of carbonyl (C=O) groups excluding carboxylic acids is 2. The fourth-order valence-electron chi connectivity index (χ4n) is 2.46. The Morgan fingerprint density at radius 1 is 1.35 bits per heavy atom. The number of carbonyl (C=O) groups is 3. The van der Waals surface area contributed by atoms with Gasteiger partial charge >= 0.3 is 5.97 Å². The van der Waals surface area contributed by atoms with Crippen LogP contribution in [0, 0.1) is 11.8 Å². The second-order valence-corrected chi connectivity index (χ2v) is 5.83. The first-order valence-corrected chi connectivity index (χ1v) is 7.10. The summed E-state index contributed by atoms with van der Waals surface area (Å²) in [6, 6.07) is -0.852. The van der Waals surface area contributed by atoms with Crippen LogP contribution in [0.4, 0.5) is 0 Å². The van der Waals surface area contributed by atoms with Crippen molar-refractivity contribution in [2.45, 2.75) is 46.1 Å². The maximum Gasteiger partial charge on any atom is 0.326 e. The molecular weight excluding hydrogens is 260 g/mol. The molecule has 1 heterocycles. The molecule has 20 heavy (non-hydrogen) atoms. The van der Waals surface area contributed by atoms with Gasteiger partial charge in [-0.05, 0) is 25.2 Å². The lowest BCUT2D eigenvalue weighted by atomic mass is 9.96. The highest BCUT2D eigenvalue weighted by molar-refractivity contribution is 5.85. The van der Waals surface area contributed by atoms with E-state index < -0.39 is 12.0 Å². The number of nitrogens with zero attached hydrogens (tertiary/aromatic N) is 1. The van der Waals surface area contributed by atoms with Gasteiger partial charge in [-0.25, -0.2) is 4.79 Å². The quantitative estimate of drug-likeness (QED) is 0.784. The maximum absolute atomic E-state index is 12.2. The monoisotopic (exact) mass is 284 g/mol. The fraction of sp³-hybridized carbons (Fsp3) is 0.786. The minimum Gasteiger partial charge on any atom is -0.480 e. The van der Waals surface area contributed by atoms with Gasteiger partial charge in [0.05, 0.1) is 5.92 Å². The van der Waals surface area contributed by atoms with E-state index in [4.69, 9.17) is 5.11 Å². The SMILES string of the molecule is CC(=O)N1CCCC(C(=O)N[C@H](CC(C)C)C(=O)O)C1. The molecule has 0 radical (unpaired) electrons. The average molecular weight is 284 g/mol. The molecule has 0 saturated carbocycles. The second-order valence-electron chi connectivity index (χ2n) is 5.83. The van der Waals surface area contributed by atoms with E-state index in [9.17, 15) is 14.4 Å². The van der Waals surface area contributed by atoms with E-state index in [0.29, 0.717) is 25.9 Å². The minimum atomic E-state index is -1.01. The van der Waals surface area contributed by atoms with Gasteiger partial charge in [0, 0.05) is 20.0 Å². The van der Waals surface area contributed by atoms with Gasteiger partial charge in [-0.2, -0.15) is 0 Å². The van der Waals surface area contributed by atoms with Gasteiger partial charge in [0.1, 0.15) is 6.04 Å². The number of rotatable bonds is 5. The van der Waals surface area contributed by atoms with Crippen molar-refractivity contribution in [3.8, 4) is 0 Å². The zero-order valence-corrected chi connectivity index (χ0v) is 12.4. The lowest BCUT2D eigenvalue weighted by Gasteiger charge is -2.32. The zero-order valence-electron chi connectivity index (χ0n) is 12.4. The van der Waals surface area contributed by atoms with Crippen LogP contribution in [0.25, 0.3) is 0 Å². The third kappa shape index (κ3) is 4.83. The van der Waals surface area contributed by atoms with Crippen molar-refractivity contribution in [2.24, 2.45) is 11.8 Å². The van der Waals surface area contributed by atoms with Gasteiger partial charge in [0.15, 0.2) is 0 Å². The molecule has 0 aliphatic carbocycles. The molecule has 2 amide bonds. The van der Waals surface area contributed by atoms with Crippen LogP contribution in [0.3, 0.4) is 0 Å². The normalized spacial score (nSPS) is 20.6. The van der Waals surface area contributed by atoms with Crippen molar-refractivity contribution in [3.63, 3.8) is 0 Å². The molecule has 0 aromatic heterocycles. The Morgan fingerprint density at radius 3 is 2.50 bits per heavy atom. The topological polar surface area (TPSA) is 86.7 Å². The molecule has 2 N–H and O–H groups in total. The number of carboxylic acid groups (broad SMARTS) is 1. The summed E-state index contributed by atoms with van der Waals surface area (Å²) in [6.07, 6.45) is 1.88. The third-order valence-electron chi connectivity index (χ3n) is 3.56. The van der Waals surface area contributed by atoms with Gasteiger partial charge in [0.25, 0.3) is 0 Å². The number of hydrogen-bond acceptors (Lipinski definition) is 3. The summed E-state index contributed by atoms with van der Waals surface area (Å²) in [5.41, 5.74) is 0. The molecule has 1 rings (SSSR count). The maximum atomic E-state index is 12.2. The average Bonchev–Trinajstić information content (AvgIpc) is 2.37. The summed E-state index contributed by atoms with van der Waals surface area (Å²) in [4.78, 5) is 36.3. The summed E-state index contributed by atoms with van der Waals surface area (Å²) in [5.74, 6) is -1.42. The van der Waals surface area contributed by atoms with Crippen molar-refractivity contribution >= 4 is 17.8 Å². The highest BCUT2D eigenvalue weighted by Gasteiger charge is 2.30. The molecule has 2 atom stereocenters. The second kappa shape index (κ2) is 7.26. The van der Waals surface area contributed by atoms with Gasteiger partial charge in [-0.15, -0.1) is 0 Å². The van der Waals surface area contributed by atoms with Gasteiger partial charge < -0.3 is 15.3 Å². The van der Waals surface area contributed by atoms with E-state index >= 15 is 0 Å². The first-order valence-electron chi connectivity index (χ1n) is 7.10. The number of likely N-dealkylation sites (tertiary alicyclic amines) is 1.